The van der Waals surface area contributed by atoms with Crippen LogP contribution in [0.3, 0.4) is 0 Å². The lowest BCUT2D eigenvalue weighted by Crippen LogP contribution is -2.43. The molecule has 6 nitrogen and oxygen atoms in total. The molecule has 2 aliphatic rings. The Morgan fingerprint density at radius 2 is 2.04 bits per heavy atom. The largest absolute Gasteiger partial charge is 0.382 e. The highest BCUT2D eigenvalue weighted by atomic mass is 32.2. The van der Waals surface area contributed by atoms with E-state index in [1.807, 2.05) is 24.4 Å². The first-order chi connectivity index (χ1) is 13.6. The number of sulfonamides is 1. The number of benzene rings is 1. The summed E-state index contributed by atoms with van der Waals surface area (Å²) in [4.78, 5) is 4.26. The summed E-state index contributed by atoms with van der Waals surface area (Å²) in [6.07, 6.45) is 10.9. The molecule has 0 amide bonds. The maximum absolute atomic E-state index is 12.4. The van der Waals surface area contributed by atoms with Gasteiger partial charge in [-0.05, 0) is 55.2 Å². The third kappa shape index (κ3) is 4.03. The molecule has 28 heavy (non-hydrogen) atoms. The van der Waals surface area contributed by atoms with E-state index in [0.29, 0.717) is 19.5 Å². The molecule has 1 saturated heterocycles. The van der Waals surface area contributed by atoms with Crippen LogP contribution < -0.4 is 5.32 Å². The van der Waals surface area contributed by atoms with Crippen molar-refractivity contribution >= 4 is 26.5 Å². The van der Waals surface area contributed by atoms with Crippen molar-refractivity contribution in [3.8, 4) is 6.07 Å². The Labute approximate surface area is 165 Å². The van der Waals surface area contributed by atoms with E-state index >= 15 is 0 Å². The first-order valence-electron chi connectivity index (χ1n) is 9.74. The van der Waals surface area contributed by atoms with Crippen LogP contribution in [0.15, 0.2) is 42.7 Å². The van der Waals surface area contributed by atoms with E-state index in [-0.39, 0.29) is 11.3 Å². The zero-order valence-electron chi connectivity index (χ0n) is 15.7. The van der Waals surface area contributed by atoms with Gasteiger partial charge in [-0.25, -0.2) is 12.7 Å². The summed E-state index contributed by atoms with van der Waals surface area (Å²) >= 11 is 0. The number of nitrogens with zero attached hydrogens (tertiary/aromatic N) is 3. The molecule has 4 rings (SSSR count). The van der Waals surface area contributed by atoms with Crippen molar-refractivity contribution in [1.82, 2.24) is 9.29 Å². The van der Waals surface area contributed by atoms with Crippen LogP contribution in [0.5, 0.6) is 0 Å². The Hall–Kier alpha value is -2.43. The number of rotatable bonds is 6. The summed E-state index contributed by atoms with van der Waals surface area (Å²) in [5, 5.41) is 14.4. The minimum absolute atomic E-state index is 0.134. The molecule has 2 fully saturated rings. The van der Waals surface area contributed by atoms with Crippen molar-refractivity contribution in [2.75, 3.05) is 18.4 Å². The Bertz CT molecular complexity index is 1030. The first-order valence-corrected chi connectivity index (χ1v) is 11.2. The monoisotopic (exact) mass is 396 g/mol. The van der Waals surface area contributed by atoms with Crippen LogP contribution in [-0.4, -0.2) is 42.1 Å². The third-order valence-corrected chi connectivity index (χ3v) is 7.88. The minimum atomic E-state index is -3.08. The van der Waals surface area contributed by atoms with Crippen molar-refractivity contribution in [3.05, 3.63) is 48.3 Å². The Kier molecular flexibility index (Phi) is 5.33. The number of anilines is 1. The van der Waals surface area contributed by atoms with Gasteiger partial charge in [0.1, 0.15) is 0 Å². The van der Waals surface area contributed by atoms with Crippen molar-refractivity contribution in [2.45, 2.75) is 43.4 Å². The van der Waals surface area contributed by atoms with Gasteiger partial charge in [0.15, 0.2) is 0 Å². The fourth-order valence-electron chi connectivity index (χ4n) is 3.80. The average Bonchev–Trinajstić information content (AvgIpc) is 3.55. The molecule has 7 heteroatoms. The number of fused-ring (bicyclic) bond motifs is 1. The van der Waals surface area contributed by atoms with Crippen LogP contribution in [0.2, 0.25) is 0 Å². The highest BCUT2D eigenvalue weighted by Gasteiger charge is 2.41. The molecule has 1 aromatic heterocycles. The Balaban J connectivity index is 1.50. The molecule has 0 bridgehead atoms. The fraction of sp³-hybridized carbons (Fsp3) is 0.429. The number of allylic oxidation sites excluding steroid dienone is 2. The van der Waals surface area contributed by atoms with Gasteiger partial charge in [0, 0.05) is 48.7 Å². The molecular formula is C21H24N4O2S. The normalized spacial score (nSPS) is 19.1. The number of hydrogen-bond donors (Lipinski definition) is 1. The SMILES string of the molecule is N#CC=CCc1cc(NC2CCN(S(=O)(=O)C3CC3)CC2)c2cnccc2c1. The second-order valence-electron chi connectivity index (χ2n) is 7.54. The number of piperidine rings is 1. The van der Waals surface area contributed by atoms with Crippen LogP contribution in [0.4, 0.5) is 5.69 Å². The molecule has 1 saturated carbocycles. The van der Waals surface area contributed by atoms with Crippen LogP contribution in [0.1, 0.15) is 31.2 Å². The second kappa shape index (κ2) is 7.90. The van der Waals surface area contributed by atoms with Gasteiger partial charge in [0.05, 0.1) is 11.3 Å². The quantitative estimate of drug-likeness (QED) is 0.758. The number of aromatic nitrogens is 1. The highest BCUT2D eigenvalue weighted by Crippen LogP contribution is 2.33. The van der Waals surface area contributed by atoms with Crippen LogP contribution >= 0.6 is 0 Å². The Morgan fingerprint density at radius 3 is 2.75 bits per heavy atom. The van der Waals surface area contributed by atoms with Gasteiger partial charge >= 0.3 is 0 Å². The summed E-state index contributed by atoms with van der Waals surface area (Å²) in [6, 6.07) is 8.48. The van der Waals surface area contributed by atoms with E-state index < -0.39 is 10.0 Å². The van der Waals surface area contributed by atoms with Crippen molar-refractivity contribution in [3.63, 3.8) is 0 Å². The molecule has 0 unspecified atom stereocenters. The maximum atomic E-state index is 12.4. The minimum Gasteiger partial charge on any atom is -0.382 e. The smallest absolute Gasteiger partial charge is 0.216 e. The predicted molar refractivity (Wildman–Crippen MR) is 110 cm³/mol. The summed E-state index contributed by atoms with van der Waals surface area (Å²) in [7, 11) is -3.08. The zero-order valence-corrected chi connectivity index (χ0v) is 16.5. The molecule has 0 radical (unpaired) electrons. The van der Waals surface area contributed by atoms with E-state index in [1.54, 1.807) is 10.5 Å². The highest BCUT2D eigenvalue weighted by molar-refractivity contribution is 7.90. The summed E-state index contributed by atoms with van der Waals surface area (Å²) in [5.74, 6) is 0. The molecule has 0 spiro atoms. The summed E-state index contributed by atoms with van der Waals surface area (Å²) < 4.78 is 26.5. The molecule has 1 aromatic carbocycles. The molecule has 1 N–H and O–H groups in total. The van der Waals surface area contributed by atoms with E-state index in [9.17, 15) is 8.42 Å². The lowest BCUT2D eigenvalue weighted by molar-refractivity contribution is 0.329. The standard InChI is InChI=1S/C21H24N4O2S/c22-9-2-1-3-16-13-17-6-10-23-15-20(17)21(14-16)24-18-7-11-25(12-8-18)28(26,27)19-4-5-19/h1-2,6,10,13-15,18-19,24H,3-5,7-8,11-12H2. The topological polar surface area (TPSA) is 86.1 Å². The molecular weight excluding hydrogens is 372 g/mol. The summed E-state index contributed by atoms with van der Waals surface area (Å²) in [5.41, 5.74) is 2.15. The van der Waals surface area contributed by atoms with Gasteiger partial charge in [-0.15, -0.1) is 0 Å². The van der Waals surface area contributed by atoms with Crippen LogP contribution in [0.25, 0.3) is 10.8 Å². The lowest BCUT2D eigenvalue weighted by atomic mass is 10.0. The van der Waals surface area contributed by atoms with E-state index in [0.717, 1.165) is 47.7 Å². The van der Waals surface area contributed by atoms with E-state index in [1.165, 1.54) is 6.08 Å². The molecule has 0 atom stereocenters. The maximum Gasteiger partial charge on any atom is 0.216 e. The fourth-order valence-corrected chi connectivity index (χ4v) is 5.67. The van der Waals surface area contributed by atoms with Gasteiger partial charge in [-0.1, -0.05) is 12.1 Å². The molecule has 1 aliphatic carbocycles. The van der Waals surface area contributed by atoms with Gasteiger partial charge in [0.2, 0.25) is 10.0 Å². The van der Waals surface area contributed by atoms with Crippen molar-refractivity contribution in [2.24, 2.45) is 0 Å². The molecule has 146 valence electrons. The zero-order chi connectivity index (χ0) is 19.6. The second-order valence-corrected chi connectivity index (χ2v) is 9.75. The van der Waals surface area contributed by atoms with Crippen LogP contribution in [-0.2, 0) is 16.4 Å². The Morgan fingerprint density at radius 1 is 1.25 bits per heavy atom. The molecule has 1 aliphatic heterocycles. The molecule has 2 heterocycles. The summed E-state index contributed by atoms with van der Waals surface area (Å²) in [6.45, 7) is 1.16. The van der Waals surface area contributed by atoms with Gasteiger partial charge in [0.25, 0.3) is 0 Å². The predicted octanol–water partition coefficient (Wildman–Crippen LogP) is 3.23. The van der Waals surface area contributed by atoms with Crippen molar-refractivity contribution in [1.29, 1.82) is 5.26 Å². The first kappa shape index (κ1) is 18.9. The van der Waals surface area contributed by atoms with Gasteiger partial charge in [-0.3, -0.25) is 4.98 Å². The number of hydrogen-bond acceptors (Lipinski definition) is 5. The van der Waals surface area contributed by atoms with E-state index in [4.69, 9.17) is 5.26 Å². The third-order valence-electron chi connectivity index (χ3n) is 5.48. The average molecular weight is 397 g/mol. The lowest BCUT2D eigenvalue weighted by Gasteiger charge is -2.32. The van der Waals surface area contributed by atoms with Gasteiger partial charge < -0.3 is 5.32 Å². The van der Waals surface area contributed by atoms with Gasteiger partial charge in [-0.2, -0.15) is 5.26 Å². The van der Waals surface area contributed by atoms with E-state index in [2.05, 4.69) is 22.4 Å². The number of pyridine rings is 1. The van der Waals surface area contributed by atoms with Crippen molar-refractivity contribution < 1.29 is 8.42 Å². The number of nitrogens with one attached hydrogen (secondary N) is 1. The molecule has 2 aromatic rings. The van der Waals surface area contributed by atoms with Crippen LogP contribution in [0, 0.1) is 11.3 Å². The number of nitriles is 1.